The van der Waals surface area contributed by atoms with Crippen LogP contribution in [0.3, 0.4) is 0 Å². The normalized spacial score (nSPS) is 12.4. The number of benzene rings is 1. The number of rotatable bonds is 5. The van der Waals surface area contributed by atoms with E-state index in [1.54, 1.807) is 42.1 Å². The van der Waals surface area contributed by atoms with Crippen molar-refractivity contribution in [2.75, 3.05) is 14.2 Å². The fraction of sp³-hybridized carbons (Fsp3) is 0.294. The third-order valence-electron chi connectivity index (χ3n) is 3.67. The highest BCUT2D eigenvalue weighted by atomic mass is 16.5. The van der Waals surface area contributed by atoms with Gasteiger partial charge < -0.3 is 9.64 Å². The molecule has 22 heavy (non-hydrogen) atoms. The number of carbonyl (C=O) groups excluding carboxylic acids is 1. The maximum atomic E-state index is 12.2. The van der Waals surface area contributed by atoms with Gasteiger partial charge in [0.1, 0.15) is 5.75 Å². The lowest BCUT2D eigenvalue weighted by atomic mass is 10.1. The monoisotopic (exact) mass is 299 g/mol. The number of likely N-dealkylation sites (N-methyl/N-ethyl adjacent to an activating group) is 1. The third kappa shape index (κ3) is 3.75. The van der Waals surface area contributed by atoms with E-state index < -0.39 is 0 Å². The summed E-state index contributed by atoms with van der Waals surface area (Å²) >= 11 is 0. The molecule has 0 saturated heterocycles. The number of hydrogen-bond acceptors (Lipinski definition) is 3. The number of aryl methyl sites for hydroxylation is 1. The molecule has 0 aliphatic carbocycles. The van der Waals surface area contributed by atoms with E-state index in [0.29, 0.717) is 0 Å². The van der Waals surface area contributed by atoms with Crippen molar-refractivity contribution in [3.63, 3.8) is 0 Å². The van der Waals surface area contributed by atoms with E-state index in [0.717, 1.165) is 16.9 Å². The van der Waals surface area contributed by atoms with Gasteiger partial charge in [-0.05, 0) is 30.7 Å². The number of methoxy groups -OCH3 is 1. The summed E-state index contributed by atoms with van der Waals surface area (Å²) in [6, 6.07) is 7.72. The summed E-state index contributed by atoms with van der Waals surface area (Å²) in [4.78, 5) is 14.0. The lowest BCUT2D eigenvalue weighted by molar-refractivity contribution is -0.126. The molecule has 116 valence electrons. The number of amides is 1. The topological polar surface area (TPSA) is 47.4 Å². The zero-order valence-corrected chi connectivity index (χ0v) is 13.4. The summed E-state index contributed by atoms with van der Waals surface area (Å²) in [7, 11) is 5.28. The zero-order valence-electron chi connectivity index (χ0n) is 13.4. The first-order valence-corrected chi connectivity index (χ1v) is 7.08. The second-order valence-corrected chi connectivity index (χ2v) is 5.18. The van der Waals surface area contributed by atoms with Gasteiger partial charge in [0.05, 0.1) is 19.3 Å². The molecule has 0 aliphatic heterocycles. The highest BCUT2D eigenvalue weighted by Crippen LogP contribution is 2.21. The minimum absolute atomic E-state index is 0.0167. The van der Waals surface area contributed by atoms with Crippen LogP contribution in [0.2, 0.25) is 0 Å². The average Bonchev–Trinajstić information content (AvgIpc) is 2.96. The Morgan fingerprint density at radius 1 is 1.36 bits per heavy atom. The summed E-state index contributed by atoms with van der Waals surface area (Å²) in [5.74, 6) is 0.758. The molecule has 1 amide bonds. The Bertz CT molecular complexity index is 659. The first-order valence-electron chi connectivity index (χ1n) is 7.08. The van der Waals surface area contributed by atoms with Gasteiger partial charge in [0.2, 0.25) is 5.91 Å². The van der Waals surface area contributed by atoms with Crippen LogP contribution in [0.15, 0.2) is 42.7 Å². The predicted octanol–water partition coefficient (Wildman–Crippen LogP) is 2.66. The maximum absolute atomic E-state index is 12.2. The highest BCUT2D eigenvalue weighted by molar-refractivity contribution is 5.91. The predicted molar refractivity (Wildman–Crippen MR) is 86.4 cm³/mol. The Morgan fingerprint density at radius 3 is 2.59 bits per heavy atom. The number of nitrogens with zero attached hydrogens (tertiary/aromatic N) is 3. The number of aromatic nitrogens is 2. The first-order chi connectivity index (χ1) is 10.5. The maximum Gasteiger partial charge on any atom is 0.246 e. The minimum Gasteiger partial charge on any atom is -0.497 e. The van der Waals surface area contributed by atoms with Gasteiger partial charge >= 0.3 is 0 Å². The van der Waals surface area contributed by atoms with Crippen LogP contribution in [0.1, 0.15) is 24.1 Å². The molecule has 1 aromatic heterocycles. The molecule has 0 spiro atoms. The molecular formula is C17H21N3O2. The van der Waals surface area contributed by atoms with Crippen LogP contribution in [-0.4, -0.2) is 34.7 Å². The Kier molecular flexibility index (Phi) is 4.99. The van der Waals surface area contributed by atoms with Crippen molar-refractivity contribution in [2.45, 2.75) is 13.0 Å². The molecule has 0 bridgehead atoms. The molecule has 1 unspecified atom stereocenters. The smallest absolute Gasteiger partial charge is 0.246 e. The Labute approximate surface area is 130 Å². The Balaban J connectivity index is 2.03. The molecule has 1 atom stereocenters. The average molecular weight is 299 g/mol. The van der Waals surface area contributed by atoms with E-state index >= 15 is 0 Å². The van der Waals surface area contributed by atoms with Crippen LogP contribution >= 0.6 is 0 Å². The summed E-state index contributed by atoms with van der Waals surface area (Å²) in [6.07, 6.45) is 6.91. The van der Waals surface area contributed by atoms with E-state index in [1.165, 1.54) is 0 Å². The van der Waals surface area contributed by atoms with E-state index in [2.05, 4.69) is 5.10 Å². The molecular weight excluding hydrogens is 278 g/mol. The fourth-order valence-electron chi connectivity index (χ4n) is 2.11. The largest absolute Gasteiger partial charge is 0.497 e. The van der Waals surface area contributed by atoms with Crippen molar-refractivity contribution in [1.29, 1.82) is 0 Å². The number of carbonyl (C=O) groups is 1. The zero-order chi connectivity index (χ0) is 16.1. The van der Waals surface area contributed by atoms with Crippen LogP contribution in [0.25, 0.3) is 6.08 Å². The van der Waals surface area contributed by atoms with Gasteiger partial charge in [-0.2, -0.15) is 5.10 Å². The highest BCUT2D eigenvalue weighted by Gasteiger charge is 2.15. The molecule has 2 rings (SSSR count). The van der Waals surface area contributed by atoms with E-state index in [4.69, 9.17) is 4.74 Å². The van der Waals surface area contributed by atoms with Crippen molar-refractivity contribution in [1.82, 2.24) is 14.7 Å². The molecule has 1 heterocycles. The van der Waals surface area contributed by atoms with Gasteiger partial charge in [-0.25, -0.2) is 0 Å². The van der Waals surface area contributed by atoms with E-state index in [1.807, 2.05) is 44.4 Å². The van der Waals surface area contributed by atoms with Gasteiger partial charge in [-0.3, -0.25) is 9.48 Å². The molecule has 1 aromatic carbocycles. The quantitative estimate of drug-likeness (QED) is 0.797. The summed E-state index contributed by atoms with van der Waals surface area (Å²) in [5.41, 5.74) is 1.97. The van der Waals surface area contributed by atoms with Crippen LogP contribution in [-0.2, 0) is 11.8 Å². The molecule has 0 fully saturated rings. The second-order valence-electron chi connectivity index (χ2n) is 5.18. The van der Waals surface area contributed by atoms with Crippen LogP contribution in [0, 0.1) is 0 Å². The van der Waals surface area contributed by atoms with Gasteiger partial charge in [0, 0.05) is 31.9 Å². The minimum atomic E-state index is -0.0489. The fourth-order valence-corrected chi connectivity index (χ4v) is 2.11. The molecule has 5 nitrogen and oxygen atoms in total. The SMILES string of the molecule is COc1ccc(C(C)N(C)C(=O)/C=C/c2cnn(C)c2)cc1. The van der Waals surface area contributed by atoms with Crippen molar-refractivity contribution in [3.05, 3.63) is 53.9 Å². The Morgan fingerprint density at radius 2 is 2.05 bits per heavy atom. The third-order valence-corrected chi connectivity index (χ3v) is 3.67. The van der Waals surface area contributed by atoms with Crippen LogP contribution < -0.4 is 4.74 Å². The number of hydrogen-bond donors (Lipinski definition) is 0. The molecule has 5 heteroatoms. The standard InChI is InChI=1S/C17H21N3O2/c1-13(15-6-8-16(22-4)9-7-15)20(3)17(21)10-5-14-11-18-19(2)12-14/h5-13H,1-4H3/b10-5+. The van der Waals surface area contributed by atoms with Crippen molar-refractivity contribution in [2.24, 2.45) is 7.05 Å². The molecule has 0 N–H and O–H groups in total. The van der Waals surface area contributed by atoms with Crippen LogP contribution in [0.5, 0.6) is 5.75 Å². The first kappa shape index (κ1) is 15.8. The molecule has 0 aliphatic rings. The van der Waals surface area contributed by atoms with Crippen molar-refractivity contribution in [3.8, 4) is 5.75 Å². The van der Waals surface area contributed by atoms with E-state index in [9.17, 15) is 4.79 Å². The lowest BCUT2D eigenvalue weighted by Crippen LogP contribution is -2.27. The van der Waals surface area contributed by atoms with Gasteiger partial charge in [0.25, 0.3) is 0 Å². The molecule has 2 aromatic rings. The summed E-state index contributed by atoms with van der Waals surface area (Å²) in [6.45, 7) is 2.00. The van der Waals surface area contributed by atoms with Gasteiger partial charge in [0.15, 0.2) is 0 Å². The second kappa shape index (κ2) is 6.93. The van der Waals surface area contributed by atoms with Gasteiger partial charge in [-0.1, -0.05) is 12.1 Å². The van der Waals surface area contributed by atoms with Crippen molar-refractivity contribution < 1.29 is 9.53 Å². The van der Waals surface area contributed by atoms with Gasteiger partial charge in [-0.15, -0.1) is 0 Å². The van der Waals surface area contributed by atoms with E-state index in [-0.39, 0.29) is 11.9 Å². The van der Waals surface area contributed by atoms with Crippen molar-refractivity contribution >= 4 is 12.0 Å². The molecule has 0 saturated carbocycles. The lowest BCUT2D eigenvalue weighted by Gasteiger charge is -2.24. The molecule has 0 radical (unpaired) electrons. The number of ether oxygens (including phenoxy) is 1. The van der Waals surface area contributed by atoms with Crippen LogP contribution in [0.4, 0.5) is 0 Å². The summed E-state index contributed by atoms with van der Waals surface area (Å²) < 4.78 is 6.85. The summed E-state index contributed by atoms with van der Waals surface area (Å²) in [5, 5.41) is 4.07. The Hall–Kier alpha value is -2.56.